The second kappa shape index (κ2) is 6.73. The number of nitrogens with one attached hydrogen (secondary N) is 1. The highest BCUT2D eigenvalue weighted by Crippen LogP contribution is 2.27. The van der Waals surface area contributed by atoms with E-state index in [-0.39, 0.29) is 5.82 Å². The molecule has 0 fully saturated rings. The predicted octanol–water partition coefficient (Wildman–Crippen LogP) is 4.47. The molecule has 0 amide bonds. The van der Waals surface area contributed by atoms with Crippen molar-refractivity contribution in [1.29, 1.82) is 0 Å². The summed E-state index contributed by atoms with van der Waals surface area (Å²) in [5, 5.41) is 3.39. The van der Waals surface area contributed by atoms with Gasteiger partial charge in [0.2, 0.25) is 0 Å². The molecular weight excluding hydrogens is 257 g/mol. The summed E-state index contributed by atoms with van der Waals surface area (Å²) in [6, 6.07) is 15.5. The predicted molar refractivity (Wildman–Crippen MR) is 78.9 cm³/mol. The molecule has 0 aliphatic rings. The molecule has 0 aromatic heterocycles. The molecule has 2 aromatic rings. The van der Waals surface area contributed by atoms with Crippen molar-refractivity contribution < 1.29 is 4.39 Å². The fourth-order valence-electron chi connectivity index (χ4n) is 1.64. The zero-order valence-electron chi connectivity index (χ0n) is 11.2. The second-order valence-corrected chi connectivity index (χ2v) is 5.88. The van der Waals surface area contributed by atoms with Gasteiger partial charge in [0.05, 0.1) is 0 Å². The lowest BCUT2D eigenvalue weighted by molar-refractivity contribution is 0.588. The molecule has 100 valence electrons. The fourth-order valence-corrected chi connectivity index (χ4v) is 2.45. The zero-order valence-corrected chi connectivity index (χ0v) is 12.0. The Kier molecular flexibility index (Phi) is 5.00. The first-order valence-corrected chi connectivity index (χ1v) is 7.21. The molecule has 0 aliphatic heterocycles. The number of benzene rings is 2. The van der Waals surface area contributed by atoms with Crippen LogP contribution in [0.15, 0.2) is 58.3 Å². The minimum atomic E-state index is -0.195. The van der Waals surface area contributed by atoms with Crippen LogP contribution in [0.4, 0.5) is 4.39 Å². The van der Waals surface area contributed by atoms with E-state index in [0.717, 1.165) is 11.4 Å². The Hall–Kier alpha value is -1.32. The maximum Gasteiger partial charge on any atom is 0.123 e. The molecule has 0 aliphatic carbocycles. The molecule has 0 heterocycles. The van der Waals surface area contributed by atoms with Crippen molar-refractivity contribution in [3.8, 4) is 0 Å². The van der Waals surface area contributed by atoms with Crippen molar-refractivity contribution in [2.75, 3.05) is 0 Å². The summed E-state index contributed by atoms with van der Waals surface area (Å²) in [4.78, 5) is 2.22. The molecule has 0 radical (unpaired) electrons. The molecule has 1 N–H and O–H groups in total. The summed E-state index contributed by atoms with van der Waals surface area (Å²) in [5.41, 5.74) is 1.28. The third kappa shape index (κ3) is 4.69. The van der Waals surface area contributed by atoms with Crippen molar-refractivity contribution in [2.24, 2.45) is 0 Å². The number of hydrogen-bond acceptors (Lipinski definition) is 2. The van der Waals surface area contributed by atoms with Crippen LogP contribution in [0.2, 0.25) is 0 Å². The Bertz CT molecular complexity index is 505. The maximum atomic E-state index is 12.8. The van der Waals surface area contributed by atoms with Gasteiger partial charge >= 0.3 is 0 Å². The molecule has 1 nitrogen and oxygen atoms in total. The van der Waals surface area contributed by atoms with Gasteiger partial charge in [-0.15, -0.1) is 0 Å². The molecule has 0 atom stereocenters. The molecule has 2 aromatic carbocycles. The van der Waals surface area contributed by atoms with Crippen molar-refractivity contribution in [3.05, 3.63) is 59.9 Å². The third-order valence-electron chi connectivity index (χ3n) is 2.69. The first-order valence-electron chi connectivity index (χ1n) is 6.39. The van der Waals surface area contributed by atoms with Crippen molar-refractivity contribution >= 4 is 11.8 Å². The van der Waals surface area contributed by atoms with Gasteiger partial charge in [-0.05, 0) is 42.0 Å². The summed E-state index contributed by atoms with van der Waals surface area (Å²) < 4.78 is 12.8. The van der Waals surface area contributed by atoms with Crippen LogP contribution < -0.4 is 5.32 Å². The summed E-state index contributed by atoms with van der Waals surface area (Å²) >= 11 is 1.64. The van der Waals surface area contributed by atoms with Crippen LogP contribution in [0.5, 0.6) is 0 Å². The molecule has 0 saturated heterocycles. The third-order valence-corrected chi connectivity index (χ3v) is 3.70. The van der Waals surface area contributed by atoms with E-state index in [1.807, 2.05) is 0 Å². The molecule has 2 rings (SSSR count). The van der Waals surface area contributed by atoms with Gasteiger partial charge in [-0.1, -0.05) is 37.7 Å². The van der Waals surface area contributed by atoms with Crippen molar-refractivity contribution in [2.45, 2.75) is 36.2 Å². The normalized spacial score (nSPS) is 10.9. The zero-order chi connectivity index (χ0) is 13.7. The molecular formula is C16H18FNS. The van der Waals surface area contributed by atoms with E-state index in [4.69, 9.17) is 0 Å². The van der Waals surface area contributed by atoms with Crippen LogP contribution >= 0.6 is 11.8 Å². The number of hydrogen-bond donors (Lipinski definition) is 1. The Morgan fingerprint density at radius 2 is 1.47 bits per heavy atom. The molecule has 0 spiro atoms. The average molecular weight is 275 g/mol. The van der Waals surface area contributed by atoms with Crippen molar-refractivity contribution in [3.63, 3.8) is 0 Å². The van der Waals surface area contributed by atoms with Gasteiger partial charge < -0.3 is 5.32 Å². The van der Waals surface area contributed by atoms with E-state index >= 15 is 0 Å². The number of rotatable bonds is 5. The number of halogens is 1. The van der Waals surface area contributed by atoms with E-state index in [9.17, 15) is 4.39 Å². The molecule has 0 bridgehead atoms. The summed E-state index contributed by atoms with van der Waals surface area (Å²) in [7, 11) is 0. The minimum Gasteiger partial charge on any atom is -0.310 e. The Morgan fingerprint density at radius 1 is 0.947 bits per heavy atom. The van der Waals surface area contributed by atoms with Gasteiger partial charge in [-0.2, -0.15) is 0 Å². The highest BCUT2D eigenvalue weighted by atomic mass is 32.2. The maximum absolute atomic E-state index is 12.8. The topological polar surface area (TPSA) is 12.0 Å². The van der Waals surface area contributed by atoms with Gasteiger partial charge in [-0.25, -0.2) is 4.39 Å². The second-order valence-electron chi connectivity index (χ2n) is 4.74. The van der Waals surface area contributed by atoms with Gasteiger partial charge in [0.1, 0.15) is 5.82 Å². The highest BCUT2D eigenvalue weighted by molar-refractivity contribution is 7.99. The lowest BCUT2D eigenvalue weighted by Crippen LogP contribution is -2.21. The van der Waals surface area contributed by atoms with E-state index in [1.54, 1.807) is 23.9 Å². The monoisotopic (exact) mass is 275 g/mol. The lowest BCUT2D eigenvalue weighted by Gasteiger charge is -2.08. The fraction of sp³-hybridized carbons (Fsp3) is 0.250. The summed E-state index contributed by atoms with van der Waals surface area (Å²) in [5.74, 6) is -0.195. The van der Waals surface area contributed by atoms with Gasteiger partial charge in [0.15, 0.2) is 0 Å². The lowest BCUT2D eigenvalue weighted by atomic mass is 10.2. The van der Waals surface area contributed by atoms with Crippen LogP contribution in [0, 0.1) is 5.82 Å². The quantitative estimate of drug-likeness (QED) is 0.863. The smallest absolute Gasteiger partial charge is 0.123 e. The van der Waals surface area contributed by atoms with E-state index in [2.05, 4.69) is 43.4 Å². The largest absolute Gasteiger partial charge is 0.310 e. The minimum absolute atomic E-state index is 0.195. The molecule has 0 saturated carbocycles. The van der Waals surface area contributed by atoms with Crippen LogP contribution in [-0.2, 0) is 6.54 Å². The van der Waals surface area contributed by atoms with Gasteiger partial charge in [0, 0.05) is 22.4 Å². The van der Waals surface area contributed by atoms with Crippen LogP contribution in [0.1, 0.15) is 19.4 Å². The van der Waals surface area contributed by atoms with Crippen LogP contribution in [-0.4, -0.2) is 6.04 Å². The van der Waals surface area contributed by atoms with Gasteiger partial charge in [-0.3, -0.25) is 0 Å². The first kappa shape index (κ1) is 14.1. The van der Waals surface area contributed by atoms with E-state index in [1.165, 1.54) is 22.6 Å². The molecule has 19 heavy (non-hydrogen) atoms. The van der Waals surface area contributed by atoms with Crippen molar-refractivity contribution in [1.82, 2.24) is 5.32 Å². The van der Waals surface area contributed by atoms with Gasteiger partial charge in [0.25, 0.3) is 0 Å². The standard InChI is InChI=1S/C16H18FNS/c1-12(2)18-11-13-3-7-15(8-4-13)19-16-9-5-14(17)6-10-16/h3-10,12,18H,11H2,1-2H3. The van der Waals surface area contributed by atoms with E-state index in [0.29, 0.717) is 6.04 Å². The Balaban J connectivity index is 1.96. The Labute approximate surface area is 118 Å². The van der Waals surface area contributed by atoms with Crippen LogP contribution in [0.25, 0.3) is 0 Å². The molecule has 3 heteroatoms. The van der Waals surface area contributed by atoms with E-state index < -0.39 is 0 Å². The highest BCUT2D eigenvalue weighted by Gasteiger charge is 1.99. The van der Waals surface area contributed by atoms with Crippen LogP contribution in [0.3, 0.4) is 0 Å². The average Bonchev–Trinajstić information content (AvgIpc) is 2.40. The summed E-state index contributed by atoms with van der Waals surface area (Å²) in [6.07, 6.45) is 0. The first-order chi connectivity index (χ1) is 9.13. The molecule has 0 unspecified atom stereocenters. The summed E-state index contributed by atoms with van der Waals surface area (Å²) in [6.45, 7) is 5.16. The Morgan fingerprint density at radius 3 is 2.00 bits per heavy atom. The SMILES string of the molecule is CC(C)NCc1ccc(Sc2ccc(F)cc2)cc1.